The molecule has 1 aromatic rings. The van der Waals surface area contributed by atoms with Gasteiger partial charge in [0.2, 0.25) is 0 Å². The molecule has 0 spiro atoms. The maximum absolute atomic E-state index is 12.2. The number of nitrogens with two attached hydrogens (primary N) is 2. The summed E-state index contributed by atoms with van der Waals surface area (Å²) in [6.07, 6.45) is 0.601. The van der Waals surface area contributed by atoms with Crippen LogP contribution < -0.4 is 22.7 Å². The first-order valence-corrected chi connectivity index (χ1v) is 6.49. The van der Waals surface area contributed by atoms with E-state index in [0.29, 0.717) is 26.2 Å². The number of ether oxygens (including phenoxy) is 2. The predicted molar refractivity (Wildman–Crippen MR) is 76.8 cm³/mol. The van der Waals surface area contributed by atoms with Crippen LogP contribution in [-0.2, 0) is 22.6 Å². The number of rotatable bonds is 8. The summed E-state index contributed by atoms with van der Waals surface area (Å²) in [5.41, 5.74) is 10.3. The van der Waals surface area contributed by atoms with E-state index in [-0.39, 0.29) is 24.7 Å². The number of hydrogen-bond donors (Lipinski definition) is 2. The van der Waals surface area contributed by atoms with E-state index in [9.17, 15) is 9.59 Å². The maximum Gasteiger partial charge on any atom is 0.332 e. The molecule has 0 bridgehead atoms. The summed E-state index contributed by atoms with van der Waals surface area (Å²) >= 11 is 0. The lowest BCUT2D eigenvalue weighted by Gasteiger charge is -2.14. The third kappa shape index (κ3) is 3.61. The van der Waals surface area contributed by atoms with Crippen LogP contribution in [0, 0.1) is 0 Å². The number of aromatic nitrogens is 2. The first-order chi connectivity index (χ1) is 9.54. The summed E-state index contributed by atoms with van der Waals surface area (Å²) in [4.78, 5) is 24.2. The molecule has 114 valence electrons. The van der Waals surface area contributed by atoms with E-state index in [2.05, 4.69) is 0 Å². The summed E-state index contributed by atoms with van der Waals surface area (Å²) in [6.45, 7) is 3.61. The summed E-state index contributed by atoms with van der Waals surface area (Å²) in [7, 11) is 1.57. The van der Waals surface area contributed by atoms with Crippen LogP contribution in [0.15, 0.2) is 9.59 Å². The number of nitrogen functional groups attached to an aromatic ring is 2. The van der Waals surface area contributed by atoms with Crippen LogP contribution in [0.3, 0.4) is 0 Å². The topological polar surface area (TPSA) is 114 Å². The SMILES string of the molecule is CCOCCn1c(=O)c(N)c(N)n(CCCOC)c1=O. The van der Waals surface area contributed by atoms with E-state index in [1.807, 2.05) is 6.92 Å². The van der Waals surface area contributed by atoms with Gasteiger partial charge in [0.1, 0.15) is 11.5 Å². The average Bonchev–Trinajstić information content (AvgIpc) is 2.44. The van der Waals surface area contributed by atoms with Gasteiger partial charge >= 0.3 is 5.69 Å². The van der Waals surface area contributed by atoms with Crippen LogP contribution in [0.25, 0.3) is 0 Å². The summed E-state index contributed by atoms with van der Waals surface area (Å²) in [6, 6.07) is 0. The number of hydrogen-bond acceptors (Lipinski definition) is 6. The summed E-state index contributed by atoms with van der Waals surface area (Å²) in [5, 5.41) is 0. The van der Waals surface area contributed by atoms with Gasteiger partial charge in [-0.3, -0.25) is 13.9 Å². The molecule has 0 saturated carbocycles. The van der Waals surface area contributed by atoms with E-state index >= 15 is 0 Å². The molecule has 0 radical (unpaired) electrons. The zero-order chi connectivity index (χ0) is 15.1. The largest absolute Gasteiger partial charge is 0.391 e. The van der Waals surface area contributed by atoms with E-state index in [1.165, 1.54) is 4.57 Å². The van der Waals surface area contributed by atoms with Crippen molar-refractivity contribution in [2.24, 2.45) is 0 Å². The third-order valence-corrected chi connectivity index (χ3v) is 2.90. The van der Waals surface area contributed by atoms with E-state index in [4.69, 9.17) is 20.9 Å². The van der Waals surface area contributed by atoms with Gasteiger partial charge in [0.25, 0.3) is 5.56 Å². The zero-order valence-corrected chi connectivity index (χ0v) is 11.9. The Labute approximate surface area is 116 Å². The molecule has 0 atom stereocenters. The molecule has 8 heteroatoms. The highest BCUT2D eigenvalue weighted by Gasteiger charge is 2.14. The van der Waals surface area contributed by atoms with Gasteiger partial charge < -0.3 is 20.9 Å². The van der Waals surface area contributed by atoms with Crippen LogP contribution in [0.1, 0.15) is 13.3 Å². The molecule has 4 N–H and O–H groups in total. The second-order valence-electron chi connectivity index (χ2n) is 4.23. The Bertz CT molecular complexity index is 550. The van der Waals surface area contributed by atoms with E-state index < -0.39 is 11.2 Å². The lowest BCUT2D eigenvalue weighted by atomic mass is 10.4. The lowest BCUT2D eigenvalue weighted by molar-refractivity contribution is 0.136. The highest BCUT2D eigenvalue weighted by molar-refractivity contribution is 5.56. The standard InChI is InChI=1S/C12H22N4O4/c1-3-20-8-6-16-11(17)9(13)10(14)15(12(16)18)5-4-7-19-2/h3-8,13-14H2,1-2H3. The quantitative estimate of drug-likeness (QED) is 0.607. The van der Waals surface area contributed by atoms with Crippen LogP contribution in [0.4, 0.5) is 11.5 Å². The molecule has 0 aromatic carbocycles. The van der Waals surface area contributed by atoms with Gasteiger partial charge in [-0.1, -0.05) is 0 Å². The van der Waals surface area contributed by atoms with Crippen molar-refractivity contribution in [2.45, 2.75) is 26.4 Å². The minimum Gasteiger partial charge on any atom is -0.391 e. The first-order valence-electron chi connectivity index (χ1n) is 6.49. The molecule has 0 aliphatic rings. The Morgan fingerprint density at radius 2 is 1.80 bits per heavy atom. The first kappa shape index (κ1) is 16.3. The van der Waals surface area contributed by atoms with Crippen molar-refractivity contribution in [1.29, 1.82) is 0 Å². The molecule has 0 saturated heterocycles. The third-order valence-electron chi connectivity index (χ3n) is 2.90. The zero-order valence-electron chi connectivity index (χ0n) is 11.9. The highest BCUT2D eigenvalue weighted by Crippen LogP contribution is 2.06. The molecule has 0 aliphatic heterocycles. The Hall–Kier alpha value is -1.80. The summed E-state index contributed by atoms with van der Waals surface area (Å²) in [5.74, 6) is 0.00348. The van der Waals surface area contributed by atoms with Gasteiger partial charge in [-0.2, -0.15) is 0 Å². The maximum atomic E-state index is 12.2. The molecule has 0 aliphatic carbocycles. The van der Waals surface area contributed by atoms with Gasteiger partial charge in [-0.15, -0.1) is 0 Å². The number of methoxy groups -OCH3 is 1. The molecule has 8 nitrogen and oxygen atoms in total. The fourth-order valence-electron chi connectivity index (χ4n) is 1.82. The molecular formula is C12H22N4O4. The van der Waals surface area contributed by atoms with Gasteiger partial charge in [-0.05, 0) is 13.3 Å². The molecule has 0 fully saturated rings. The molecule has 1 rings (SSSR count). The second-order valence-corrected chi connectivity index (χ2v) is 4.23. The molecule has 20 heavy (non-hydrogen) atoms. The minimum atomic E-state index is -0.574. The van der Waals surface area contributed by atoms with E-state index in [0.717, 1.165) is 4.57 Å². The Kier molecular flexibility index (Phi) is 6.26. The number of nitrogens with zero attached hydrogens (tertiary/aromatic N) is 2. The predicted octanol–water partition coefficient (Wildman–Crippen LogP) is -0.753. The molecule has 1 aromatic heterocycles. The van der Waals surface area contributed by atoms with Crippen molar-refractivity contribution in [3.05, 3.63) is 20.8 Å². The van der Waals surface area contributed by atoms with E-state index in [1.54, 1.807) is 7.11 Å². The minimum absolute atomic E-state index is 0.00348. The fourth-order valence-corrected chi connectivity index (χ4v) is 1.82. The van der Waals surface area contributed by atoms with Gasteiger partial charge in [-0.25, -0.2) is 4.79 Å². The Morgan fingerprint density at radius 3 is 2.40 bits per heavy atom. The van der Waals surface area contributed by atoms with Crippen molar-refractivity contribution in [1.82, 2.24) is 9.13 Å². The van der Waals surface area contributed by atoms with Crippen LogP contribution >= 0.6 is 0 Å². The Balaban J connectivity index is 3.11. The van der Waals surface area contributed by atoms with Crippen LogP contribution in [0.2, 0.25) is 0 Å². The van der Waals surface area contributed by atoms with Crippen LogP contribution in [0.5, 0.6) is 0 Å². The molecule has 0 amide bonds. The van der Waals surface area contributed by atoms with Gasteiger partial charge in [0, 0.05) is 26.9 Å². The van der Waals surface area contributed by atoms with Gasteiger partial charge in [0.05, 0.1) is 13.2 Å². The summed E-state index contributed by atoms with van der Waals surface area (Å²) < 4.78 is 12.4. The molecular weight excluding hydrogens is 264 g/mol. The number of anilines is 2. The highest BCUT2D eigenvalue weighted by atomic mass is 16.5. The lowest BCUT2D eigenvalue weighted by Crippen LogP contribution is -2.43. The van der Waals surface area contributed by atoms with Crippen molar-refractivity contribution in [3.8, 4) is 0 Å². The second kappa shape index (κ2) is 7.71. The van der Waals surface area contributed by atoms with Crippen molar-refractivity contribution in [2.75, 3.05) is 38.4 Å². The monoisotopic (exact) mass is 286 g/mol. The van der Waals surface area contributed by atoms with Crippen molar-refractivity contribution in [3.63, 3.8) is 0 Å². The fraction of sp³-hybridized carbons (Fsp3) is 0.667. The normalized spacial score (nSPS) is 10.9. The molecule has 1 heterocycles. The Morgan fingerprint density at radius 1 is 1.10 bits per heavy atom. The smallest absolute Gasteiger partial charge is 0.332 e. The van der Waals surface area contributed by atoms with Gasteiger partial charge in [0.15, 0.2) is 0 Å². The molecule has 0 unspecified atom stereocenters. The van der Waals surface area contributed by atoms with Crippen molar-refractivity contribution >= 4 is 11.5 Å². The van der Waals surface area contributed by atoms with Crippen molar-refractivity contribution < 1.29 is 9.47 Å². The van der Waals surface area contributed by atoms with Crippen LogP contribution in [-0.4, -0.2) is 36.1 Å². The average molecular weight is 286 g/mol.